The number of nitrogens with zero attached hydrogens (tertiary/aromatic N) is 2. The maximum Gasteiger partial charge on any atom is 0.255 e. The maximum absolute atomic E-state index is 12.7. The Hall–Kier alpha value is -3.18. The van der Waals surface area contributed by atoms with Gasteiger partial charge in [-0.1, -0.05) is 19.6 Å². The molecule has 1 aromatic carbocycles. The van der Waals surface area contributed by atoms with Gasteiger partial charge in [-0.2, -0.15) is 0 Å². The smallest absolute Gasteiger partial charge is 0.255 e. The number of pyridine rings is 2. The number of hydrogen-bond donors (Lipinski definition) is 2. The summed E-state index contributed by atoms with van der Waals surface area (Å²) in [4.78, 5) is 20.6. The molecule has 4 heterocycles. The van der Waals surface area contributed by atoms with Crippen LogP contribution in [0.25, 0.3) is 27.8 Å². The zero-order chi connectivity index (χ0) is 18.4. The lowest BCUT2D eigenvalue weighted by Gasteiger charge is -2.12. The Bertz CT molecular complexity index is 1200. The first-order valence-corrected chi connectivity index (χ1v) is 9.19. The van der Waals surface area contributed by atoms with E-state index in [4.69, 9.17) is 0 Å². The first-order valence-electron chi connectivity index (χ1n) is 9.19. The maximum atomic E-state index is 12.7. The van der Waals surface area contributed by atoms with Crippen molar-refractivity contribution in [2.45, 2.75) is 27.3 Å². The third kappa shape index (κ3) is 3.04. The van der Waals surface area contributed by atoms with Crippen molar-refractivity contribution in [3.05, 3.63) is 82.0 Å². The first-order chi connectivity index (χ1) is 13.2. The van der Waals surface area contributed by atoms with Gasteiger partial charge in [0.05, 0.1) is 11.4 Å². The molecule has 28 heavy (non-hydrogen) atoms. The Labute approximate surface area is 164 Å². The molecular weight excluding hydrogens is 348 g/mol. The van der Waals surface area contributed by atoms with Gasteiger partial charge in [-0.3, -0.25) is 14.3 Å². The third-order valence-corrected chi connectivity index (χ3v) is 5.24. The molecule has 142 valence electrons. The van der Waals surface area contributed by atoms with Crippen LogP contribution in [0.1, 0.15) is 24.2 Å². The molecule has 0 unspecified atom stereocenters. The minimum absolute atomic E-state index is 0. The summed E-state index contributed by atoms with van der Waals surface area (Å²) in [6, 6.07) is 13.7. The minimum Gasteiger partial charge on any atom is -0.357 e. The van der Waals surface area contributed by atoms with Crippen LogP contribution in [0.15, 0.2) is 59.7 Å². The van der Waals surface area contributed by atoms with Crippen LogP contribution in [-0.4, -0.2) is 21.1 Å². The predicted molar refractivity (Wildman–Crippen MR) is 114 cm³/mol. The number of benzene rings is 1. The average Bonchev–Trinajstić information content (AvgIpc) is 3.06. The van der Waals surface area contributed by atoms with E-state index < -0.39 is 0 Å². The van der Waals surface area contributed by atoms with Crippen molar-refractivity contribution in [1.82, 2.24) is 19.9 Å². The van der Waals surface area contributed by atoms with Crippen molar-refractivity contribution in [3.8, 4) is 16.9 Å². The Morgan fingerprint density at radius 2 is 2.00 bits per heavy atom. The van der Waals surface area contributed by atoms with Crippen LogP contribution in [0.3, 0.4) is 0 Å². The highest BCUT2D eigenvalue weighted by Crippen LogP contribution is 2.27. The van der Waals surface area contributed by atoms with Gasteiger partial charge in [0, 0.05) is 47.2 Å². The van der Waals surface area contributed by atoms with Crippen LogP contribution in [0.4, 0.5) is 0 Å². The molecule has 5 nitrogen and oxygen atoms in total. The normalized spacial score (nSPS) is 13.2. The van der Waals surface area contributed by atoms with Crippen LogP contribution in [0, 0.1) is 6.92 Å². The summed E-state index contributed by atoms with van der Waals surface area (Å²) in [5, 5.41) is 4.64. The number of hydrogen-bond acceptors (Lipinski definition) is 3. The highest BCUT2D eigenvalue weighted by Gasteiger charge is 2.15. The fraction of sp³-hybridized carbons (Fsp3) is 0.217. The molecule has 4 aromatic rings. The van der Waals surface area contributed by atoms with Crippen LogP contribution in [0.2, 0.25) is 0 Å². The number of fused-ring (bicyclic) bond motifs is 3. The standard InChI is InChI=1S/C22H20N4O.CH4/c1-14-2-5-19(24-12-14)15-7-9-26(22(27)10-15)16-3-4-17-18-6-8-23-13-21(18)25-20(17)11-16;/h2-5,7,9-12,23,25H,6,8,13H2,1H3;1H4. The zero-order valence-electron chi connectivity index (χ0n) is 15.1. The number of H-pyrrole nitrogens is 1. The molecule has 0 spiro atoms. The Morgan fingerprint density at radius 1 is 1.11 bits per heavy atom. The van der Waals surface area contributed by atoms with Gasteiger partial charge in [-0.15, -0.1) is 0 Å². The monoisotopic (exact) mass is 372 g/mol. The van der Waals surface area contributed by atoms with E-state index in [-0.39, 0.29) is 13.0 Å². The fourth-order valence-corrected chi connectivity index (χ4v) is 3.80. The van der Waals surface area contributed by atoms with Gasteiger partial charge in [-0.05, 0) is 55.3 Å². The number of aryl methyl sites for hydroxylation is 1. The Kier molecular flexibility index (Phi) is 4.61. The molecule has 5 rings (SSSR count). The van der Waals surface area contributed by atoms with E-state index in [1.165, 1.54) is 16.6 Å². The predicted octanol–water partition coefficient (Wildman–Crippen LogP) is 3.97. The molecule has 2 N–H and O–H groups in total. The van der Waals surface area contributed by atoms with E-state index in [1.54, 1.807) is 10.6 Å². The van der Waals surface area contributed by atoms with Gasteiger partial charge in [-0.25, -0.2) is 0 Å². The second-order valence-corrected chi connectivity index (χ2v) is 7.08. The van der Waals surface area contributed by atoms with E-state index in [2.05, 4.69) is 27.4 Å². The Balaban J connectivity index is 0.00000192. The second-order valence-electron chi connectivity index (χ2n) is 7.08. The first kappa shape index (κ1) is 18.2. The highest BCUT2D eigenvalue weighted by atomic mass is 16.1. The van der Waals surface area contributed by atoms with Gasteiger partial charge in [0.25, 0.3) is 5.56 Å². The molecule has 0 saturated heterocycles. The summed E-state index contributed by atoms with van der Waals surface area (Å²) in [6.07, 6.45) is 4.67. The third-order valence-electron chi connectivity index (χ3n) is 5.24. The molecule has 0 saturated carbocycles. The summed E-state index contributed by atoms with van der Waals surface area (Å²) in [6.45, 7) is 3.88. The van der Waals surface area contributed by atoms with Gasteiger partial charge < -0.3 is 10.3 Å². The molecule has 3 aromatic heterocycles. The van der Waals surface area contributed by atoms with E-state index in [0.29, 0.717) is 0 Å². The highest BCUT2D eigenvalue weighted by molar-refractivity contribution is 5.86. The summed E-state index contributed by atoms with van der Waals surface area (Å²) < 4.78 is 1.68. The van der Waals surface area contributed by atoms with Crippen LogP contribution >= 0.6 is 0 Å². The van der Waals surface area contributed by atoms with E-state index >= 15 is 0 Å². The average molecular weight is 372 g/mol. The molecular formula is C23H24N4O. The van der Waals surface area contributed by atoms with E-state index in [9.17, 15) is 4.79 Å². The number of aromatic amines is 1. The summed E-state index contributed by atoms with van der Waals surface area (Å²) in [5.41, 5.74) is 7.27. The quantitative estimate of drug-likeness (QED) is 0.560. The minimum atomic E-state index is -0.0628. The number of nitrogens with one attached hydrogen (secondary N) is 2. The topological polar surface area (TPSA) is 62.7 Å². The summed E-state index contributed by atoms with van der Waals surface area (Å²) >= 11 is 0. The molecule has 0 fully saturated rings. The van der Waals surface area contributed by atoms with E-state index in [0.717, 1.165) is 47.5 Å². The molecule has 0 aliphatic carbocycles. The van der Waals surface area contributed by atoms with Crippen LogP contribution < -0.4 is 10.9 Å². The molecule has 1 aliphatic rings. The van der Waals surface area contributed by atoms with Crippen LogP contribution in [-0.2, 0) is 13.0 Å². The lowest BCUT2D eigenvalue weighted by Crippen LogP contribution is -2.22. The molecule has 0 amide bonds. The Morgan fingerprint density at radius 3 is 2.79 bits per heavy atom. The largest absolute Gasteiger partial charge is 0.357 e. The zero-order valence-corrected chi connectivity index (χ0v) is 15.1. The van der Waals surface area contributed by atoms with Gasteiger partial charge in [0.1, 0.15) is 0 Å². The molecule has 0 atom stereocenters. The van der Waals surface area contributed by atoms with Gasteiger partial charge >= 0.3 is 0 Å². The van der Waals surface area contributed by atoms with Crippen molar-refractivity contribution >= 4 is 10.9 Å². The van der Waals surface area contributed by atoms with Crippen LogP contribution in [0.5, 0.6) is 0 Å². The number of aromatic nitrogens is 3. The van der Waals surface area contributed by atoms with Crippen molar-refractivity contribution in [2.75, 3.05) is 6.54 Å². The second kappa shape index (κ2) is 7.09. The summed E-state index contributed by atoms with van der Waals surface area (Å²) in [5.74, 6) is 0. The van der Waals surface area contributed by atoms with Crippen molar-refractivity contribution in [1.29, 1.82) is 0 Å². The molecule has 0 radical (unpaired) electrons. The molecule has 1 aliphatic heterocycles. The van der Waals surface area contributed by atoms with Crippen molar-refractivity contribution in [3.63, 3.8) is 0 Å². The van der Waals surface area contributed by atoms with Gasteiger partial charge in [0.15, 0.2) is 0 Å². The van der Waals surface area contributed by atoms with E-state index in [1.807, 2.05) is 43.6 Å². The van der Waals surface area contributed by atoms with Crippen molar-refractivity contribution in [2.24, 2.45) is 0 Å². The molecule has 5 heteroatoms. The molecule has 0 bridgehead atoms. The van der Waals surface area contributed by atoms with Gasteiger partial charge in [0.2, 0.25) is 0 Å². The summed E-state index contributed by atoms with van der Waals surface area (Å²) in [7, 11) is 0. The van der Waals surface area contributed by atoms with Crippen molar-refractivity contribution < 1.29 is 0 Å². The lowest BCUT2D eigenvalue weighted by atomic mass is 10.0. The fourth-order valence-electron chi connectivity index (χ4n) is 3.80. The SMILES string of the molecule is C.Cc1ccc(-c2ccn(-c3ccc4c5c([nH]c4c3)CNCC5)c(=O)c2)nc1. The number of rotatable bonds is 2. The lowest BCUT2D eigenvalue weighted by molar-refractivity contribution is 0.637.